The van der Waals surface area contributed by atoms with Gasteiger partial charge in [-0.05, 0) is 12.1 Å². The van der Waals surface area contributed by atoms with Crippen molar-refractivity contribution >= 4 is 21.7 Å². The normalized spacial score (nSPS) is 9.00. The number of carbonyl (C=O) groups excluding carboxylic acids is 1. The number of hydrogen-bond donors (Lipinski definition) is 0. The summed E-state index contributed by atoms with van der Waals surface area (Å²) in [4.78, 5) is 11.1. The summed E-state index contributed by atoms with van der Waals surface area (Å²) in [5, 5.41) is 8.80. The molecule has 0 radical (unpaired) electrons. The molecule has 12 heavy (non-hydrogen) atoms. The van der Waals surface area contributed by atoms with Gasteiger partial charge in [-0.3, -0.25) is 4.79 Å². The molecule has 0 aliphatic rings. The zero-order valence-corrected chi connectivity index (χ0v) is 7.84. The fourth-order valence-electron chi connectivity index (χ4n) is 0.808. The van der Waals surface area contributed by atoms with Gasteiger partial charge in [0.2, 0.25) is 0 Å². The second-order valence-electron chi connectivity index (χ2n) is 2.25. The van der Waals surface area contributed by atoms with E-state index in [-0.39, 0.29) is 5.78 Å². The standard InChI is InChI=1S/C9H6BrNO/c10-5-9(12)8-3-1-7(6-11)2-4-8/h1-4H,5H2/i1+1,2+1,3+1,4+1,7+1,8+1. The van der Waals surface area contributed by atoms with E-state index in [0.717, 1.165) is 0 Å². The average Bonchev–Trinajstić information content (AvgIpc) is 2.17. The molecule has 0 aliphatic carbocycles. The van der Waals surface area contributed by atoms with E-state index in [1.54, 1.807) is 24.3 Å². The lowest BCUT2D eigenvalue weighted by molar-refractivity contribution is 0.102. The van der Waals surface area contributed by atoms with Gasteiger partial charge in [0.15, 0.2) is 5.78 Å². The van der Waals surface area contributed by atoms with Crippen molar-refractivity contribution < 1.29 is 4.79 Å². The van der Waals surface area contributed by atoms with E-state index >= 15 is 0 Å². The van der Waals surface area contributed by atoms with Crippen molar-refractivity contribution in [2.45, 2.75) is 0 Å². The Morgan fingerprint density at radius 2 is 2.00 bits per heavy atom. The molecule has 0 unspecified atom stereocenters. The minimum absolute atomic E-state index is 0.0273. The fourth-order valence-corrected chi connectivity index (χ4v) is 1.13. The zero-order valence-electron chi connectivity index (χ0n) is 6.25. The van der Waals surface area contributed by atoms with Crippen LogP contribution in [0.2, 0.25) is 0 Å². The monoisotopic (exact) mass is 229 g/mol. The molecule has 60 valence electrons. The third-order valence-corrected chi connectivity index (χ3v) is 1.97. The van der Waals surface area contributed by atoms with Crippen LogP contribution in [-0.2, 0) is 0 Å². The summed E-state index contributed by atoms with van der Waals surface area (Å²) in [7, 11) is 0. The highest BCUT2D eigenvalue weighted by Crippen LogP contribution is 2.05. The number of rotatable bonds is 2. The molecule has 0 aliphatic heterocycles. The molecule has 0 amide bonds. The Morgan fingerprint density at radius 1 is 1.42 bits per heavy atom. The predicted octanol–water partition coefficient (Wildman–Crippen LogP) is 2.14. The minimum Gasteiger partial charge on any atom is -0.293 e. The summed E-state index contributed by atoms with van der Waals surface area (Å²) in [6.45, 7) is 0. The van der Waals surface area contributed by atoms with Crippen LogP contribution >= 0.6 is 15.9 Å². The third-order valence-electron chi connectivity index (χ3n) is 1.46. The summed E-state index contributed by atoms with van der Waals surface area (Å²) in [5.41, 5.74) is 1.20. The Hall–Kier alpha value is -1.14. The molecule has 0 aromatic heterocycles. The maximum atomic E-state index is 11.1. The van der Waals surface area contributed by atoms with E-state index in [9.17, 15) is 4.79 Å². The molecule has 1 aromatic rings. The summed E-state index contributed by atoms with van der Waals surface area (Å²) in [5.74, 6) is 0.0273. The van der Waals surface area contributed by atoms with E-state index in [4.69, 9.17) is 5.26 Å². The Morgan fingerprint density at radius 3 is 2.42 bits per heavy atom. The molecule has 1 aromatic carbocycles. The third kappa shape index (κ3) is 1.93. The number of benzene rings is 1. The number of Topliss-reactive ketones (excluding diaryl/α,β-unsaturated/α-hetero) is 1. The Kier molecular flexibility index (Phi) is 3.01. The molecule has 1 rings (SSSR count). The van der Waals surface area contributed by atoms with Gasteiger partial charge >= 0.3 is 0 Å². The van der Waals surface area contributed by atoms with Crippen molar-refractivity contribution in [1.82, 2.24) is 0 Å². The van der Waals surface area contributed by atoms with Crippen LogP contribution in [0.5, 0.6) is 0 Å². The van der Waals surface area contributed by atoms with Crippen LogP contribution in [0.25, 0.3) is 0 Å². The molecule has 0 saturated heterocycles. The number of hydrogen-bond acceptors (Lipinski definition) is 2. The molecular weight excluding hydrogens is 224 g/mol. The lowest BCUT2D eigenvalue weighted by Crippen LogP contribution is -1.98. The van der Waals surface area contributed by atoms with E-state index in [1.165, 1.54) is 0 Å². The zero-order chi connectivity index (χ0) is 8.97. The summed E-state index contributed by atoms with van der Waals surface area (Å²) in [6, 6.07) is 8.57. The van der Waals surface area contributed by atoms with Gasteiger partial charge in [0.05, 0.1) is 17.0 Å². The molecule has 0 spiro atoms. The Balaban J connectivity index is 2.94. The van der Waals surface area contributed by atoms with Crippen LogP contribution in [0.15, 0.2) is 24.3 Å². The first kappa shape index (κ1) is 8.95. The smallest absolute Gasteiger partial charge is 0.173 e. The topological polar surface area (TPSA) is 40.9 Å². The van der Waals surface area contributed by atoms with Gasteiger partial charge in [-0.1, -0.05) is 28.1 Å². The van der Waals surface area contributed by atoms with E-state index in [0.29, 0.717) is 16.5 Å². The first-order valence-corrected chi connectivity index (χ1v) is 4.49. The molecule has 0 N–H and O–H groups in total. The van der Waals surface area contributed by atoms with Gasteiger partial charge in [-0.2, -0.15) is 5.26 Å². The van der Waals surface area contributed by atoms with Gasteiger partial charge in [-0.25, -0.2) is 0 Å². The molecule has 2 nitrogen and oxygen atoms in total. The largest absolute Gasteiger partial charge is 0.293 e. The number of ketones is 1. The Bertz CT molecular complexity index is 323. The lowest BCUT2D eigenvalue weighted by Gasteiger charge is -1.95. The number of alkyl halides is 1. The van der Waals surface area contributed by atoms with E-state index in [2.05, 4.69) is 15.9 Å². The summed E-state index contributed by atoms with van der Waals surface area (Å²) >= 11 is 3.07. The second-order valence-corrected chi connectivity index (χ2v) is 2.81. The first-order chi connectivity index (χ1) is 5.77. The van der Waals surface area contributed by atoms with Gasteiger partial charge in [0, 0.05) is 5.56 Å². The van der Waals surface area contributed by atoms with Gasteiger partial charge in [-0.15, -0.1) is 0 Å². The number of carbonyl (C=O) groups is 1. The van der Waals surface area contributed by atoms with Gasteiger partial charge in [0.1, 0.15) is 0 Å². The minimum atomic E-state index is 0.0273. The van der Waals surface area contributed by atoms with Gasteiger partial charge < -0.3 is 0 Å². The predicted molar refractivity (Wildman–Crippen MR) is 49.3 cm³/mol. The van der Waals surface area contributed by atoms with Crippen LogP contribution in [0.4, 0.5) is 0 Å². The second kappa shape index (κ2) is 4.03. The van der Waals surface area contributed by atoms with E-state index in [1.807, 2.05) is 6.07 Å². The number of nitrogens with zero attached hydrogens (tertiary/aromatic N) is 1. The van der Waals surface area contributed by atoms with E-state index < -0.39 is 0 Å². The molecule has 0 atom stereocenters. The van der Waals surface area contributed by atoms with Crippen molar-refractivity contribution in [1.29, 1.82) is 5.26 Å². The molecule has 3 heteroatoms. The van der Waals surface area contributed by atoms with Crippen molar-refractivity contribution in [3.05, 3.63) is 35.4 Å². The van der Waals surface area contributed by atoms with Crippen molar-refractivity contribution in [3.8, 4) is 6.07 Å². The molecule has 0 fully saturated rings. The highest BCUT2D eigenvalue weighted by molar-refractivity contribution is 9.09. The first-order valence-electron chi connectivity index (χ1n) is 3.37. The molecule has 0 bridgehead atoms. The summed E-state index contributed by atoms with van der Waals surface area (Å²) < 4.78 is 0. The quantitative estimate of drug-likeness (QED) is 0.576. The highest BCUT2D eigenvalue weighted by atomic mass is 79.9. The van der Waals surface area contributed by atoms with Crippen LogP contribution in [0.1, 0.15) is 15.9 Å². The van der Waals surface area contributed by atoms with Gasteiger partial charge in [0.25, 0.3) is 0 Å². The molecule has 0 heterocycles. The van der Waals surface area contributed by atoms with Crippen LogP contribution in [-0.4, -0.2) is 11.1 Å². The maximum Gasteiger partial charge on any atom is 0.173 e. The summed E-state index contributed by atoms with van der Waals surface area (Å²) in [6.07, 6.45) is 0. The lowest BCUT2D eigenvalue weighted by atomic mass is 10.6. The average molecular weight is 230 g/mol. The molecular formula is C9H6BrNO. The fraction of sp³-hybridized carbons (Fsp3) is 0.111. The van der Waals surface area contributed by atoms with Crippen molar-refractivity contribution in [3.63, 3.8) is 0 Å². The Labute approximate surface area is 78.9 Å². The maximum absolute atomic E-state index is 11.1. The van der Waals surface area contributed by atoms with Crippen LogP contribution < -0.4 is 0 Å². The highest BCUT2D eigenvalue weighted by Gasteiger charge is 2.01. The van der Waals surface area contributed by atoms with Crippen LogP contribution in [0, 0.1) is 11.3 Å². The molecule has 0 saturated carbocycles. The SMILES string of the molecule is N#C[13c]1[13cH][13cH][13c](C(=O)CBr)[13cH][13cH]1. The van der Waals surface area contributed by atoms with Crippen LogP contribution in [0.3, 0.4) is 0 Å². The van der Waals surface area contributed by atoms with Crippen molar-refractivity contribution in [2.24, 2.45) is 0 Å². The number of halogens is 1. The van der Waals surface area contributed by atoms with Crippen molar-refractivity contribution in [2.75, 3.05) is 5.33 Å². The number of nitriles is 1.